The van der Waals surface area contributed by atoms with Gasteiger partial charge in [0, 0.05) is 0 Å². The first kappa shape index (κ1) is 11.3. The Labute approximate surface area is 92.1 Å². The smallest absolute Gasteiger partial charge is 0.0136 e. The summed E-state index contributed by atoms with van der Waals surface area (Å²) in [7, 11) is 1.69. The van der Waals surface area contributed by atoms with Crippen molar-refractivity contribution in [3.8, 4) is 0 Å². The predicted octanol–water partition coefficient (Wildman–Crippen LogP) is 4.82. The molecule has 1 aliphatic heterocycles. The summed E-state index contributed by atoms with van der Waals surface area (Å²) in [6, 6.07) is 0. The van der Waals surface area contributed by atoms with Gasteiger partial charge in [0.1, 0.15) is 0 Å². The van der Waals surface area contributed by atoms with E-state index in [9.17, 15) is 0 Å². The van der Waals surface area contributed by atoms with Gasteiger partial charge in [-0.15, -0.1) is 0 Å². The molecule has 1 heterocycles. The molecule has 0 bridgehead atoms. The summed E-state index contributed by atoms with van der Waals surface area (Å²) in [5.74, 6) is 1.13. The first-order valence-corrected chi connectivity index (χ1v) is 9.58. The lowest BCUT2D eigenvalue weighted by molar-refractivity contribution is 0.507. The Morgan fingerprint density at radius 2 is 1.71 bits per heavy atom. The highest BCUT2D eigenvalue weighted by molar-refractivity contribution is 8.23. The van der Waals surface area contributed by atoms with Gasteiger partial charge in [0.15, 0.2) is 0 Å². The number of rotatable bonds is 1. The van der Waals surface area contributed by atoms with Gasteiger partial charge < -0.3 is 0 Å². The van der Waals surface area contributed by atoms with Crippen molar-refractivity contribution in [1.82, 2.24) is 0 Å². The van der Waals surface area contributed by atoms with E-state index in [2.05, 4.69) is 20.8 Å². The topological polar surface area (TPSA) is 0 Å². The first-order valence-electron chi connectivity index (χ1n) is 6.12. The van der Waals surface area contributed by atoms with Gasteiger partial charge in [-0.05, 0) is 42.2 Å². The molecule has 1 unspecified atom stereocenters. The van der Waals surface area contributed by atoms with Crippen molar-refractivity contribution in [1.29, 1.82) is 0 Å². The Bertz CT molecular complexity index is 189. The third-order valence-corrected chi connectivity index (χ3v) is 12.1. The minimum absolute atomic E-state index is 0.367. The van der Waals surface area contributed by atoms with E-state index in [1.807, 2.05) is 0 Å². The standard InChI is InChI=1S/C12H24P2/c1-12(2,3)14-11(8-9-13-14)10-6-4-5-7-10/h10-11,13H,4-9H2,1-3H3/t11-,14-/m1/s1. The van der Waals surface area contributed by atoms with Crippen LogP contribution in [0.3, 0.4) is 0 Å². The monoisotopic (exact) mass is 230 g/mol. The average Bonchev–Trinajstić information content (AvgIpc) is 2.73. The van der Waals surface area contributed by atoms with E-state index in [1.165, 1.54) is 21.1 Å². The Balaban J connectivity index is 2.02. The van der Waals surface area contributed by atoms with Crippen molar-refractivity contribution in [2.75, 3.05) is 6.16 Å². The van der Waals surface area contributed by atoms with Gasteiger partial charge in [0.2, 0.25) is 0 Å². The van der Waals surface area contributed by atoms with E-state index in [4.69, 9.17) is 0 Å². The predicted molar refractivity (Wildman–Crippen MR) is 70.2 cm³/mol. The molecule has 1 saturated heterocycles. The van der Waals surface area contributed by atoms with E-state index in [-0.39, 0.29) is 0 Å². The van der Waals surface area contributed by atoms with E-state index < -0.39 is 0 Å². The van der Waals surface area contributed by atoms with Crippen molar-refractivity contribution < 1.29 is 0 Å². The second-order valence-electron chi connectivity index (χ2n) is 5.85. The molecule has 3 atom stereocenters. The summed E-state index contributed by atoms with van der Waals surface area (Å²) in [6.45, 7) is 7.46. The molecule has 82 valence electrons. The van der Waals surface area contributed by atoms with E-state index in [0.717, 1.165) is 11.6 Å². The maximum atomic E-state index is 2.49. The molecule has 2 rings (SSSR count). The first-order chi connectivity index (χ1) is 6.59. The van der Waals surface area contributed by atoms with Gasteiger partial charge in [0.25, 0.3) is 0 Å². The molecular weight excluding hydrogens is 206 g/mol. The van der Waals surface area contributed by atoms with Crippen LogP contribution in [0.1, 0.15) is 52.9 Å². The Morgan fingerprint density at radius 3 is 2.29 bits per heavy atom. The molecule has 1 aliphatic carbocycles. The van der Waals surface area contributed by atoms with Crippen molar-refractivity contribution in [2.45, 2.75) is 63.7 Å². The molecular formula is C12H24P2. The lowest BCUT2D eigenvalue weighted by Crippen LogP contribution is -2.21. The lowest BCUT2D eigenvalue weighted by Gasteiger charge is -2.35. The minimum atomic E-state index is 0.367. The summed E-state index contributed by atoms with van der Waals surface area (Å²) in [5.41, 5.74) is 1.16. The summed E-state index contributed by atoms with van der Waals surface area (Å²) in [4.78, 5) is 0. The third-order valence-electron chi connectivity index (χ3n) is 3.72. The second-order valence-corrected chi connectivity index (χ2v) is 11.8. The van der Waals surface area contributed by atoms with Crippen LogP contribution in [-0.4, -0.2) is 17.0 Å². The highest BCUT2D eigenvalue weighted by Crippen LogP contribution is 2.74. The van der Waals surface area contributed by atoms with Gasteiger partial charge in [0.05, 0.1) is 0 Å². The molecule has 2 aliphatic rings. The summed E-state index contributed by atoms with van der Waals surface area (Å²) in [6.07, 6.45) is 9.31. The minimum Gasteiger partial charge on any atom is -0.0952 e. The molecule has 0 spiro atoms. The van der Waals surface area contributed by atoms with Crippen molar-refractivity contribution in [2.24, 2.45) is 5.92 Å². The summed E-state index contributed by atoms with van der Waals surface area (Å²) in [5, 5.41) is 0.636. The van der Waals surface area contributed by atoms with Crippen LogP contribution in [-0.2, 0) is 0 Å². The van der Waals surface area contributed by atoms with Crippen LogP contribution in [0.4, 0.5) is 0 Å². The van der Waals surface area contributed by atoms with Crippen molar-refractivity contribution in [3.05, 3.63) is 0 Å². The lowest BCUT2D eigenvalue weighted by atomic mass is 10.0. The molecule has 0 aromatic carbocycles. The van der Waals surface area contributed by atoms with Gasteiger partial charge in [-0.3, -0.25) is 0 Å². The number of hydrogen-bond donors (Lipinski definition) is 0. The third kappa shape index (κ3) is 2.33. The fourth-order valence-corrected chi connectivity index (χ4v) is 11.1. The maximum absolute atomic E-state index is 2.49. The zero-order valence-electron chi connectivity index (χ0n) is 9.84. The number of hydrogen-bond acceptors (Lipinski definition) is 0. The summed E-state index contributed by atoms with van der Waals surface area (Å²) >= 11 is 0. The van der Waals surface area contributed by atoms with Crippen LogP contribution < -0.4 is 0 Å². The molecule has 0 aromatic rings. The fourth-order valence-electron chi connectivity index (χ4n) is 3.10. The highest BCUT2D eigenvalue weighted by Gasteiger charge is 2.40. The molecule has 2 heteroatoms. The Hall–Kier alpha value is 0.860. The summed E-state index contributed by atoms with van der Waals surface area (Å²) < 4.78 is 0. The van der Waals surface area contributed by atoms with E-state index in [1.54, 1.807) is 25.4 Å². The van der Waals surface area contributed by atoms with Crippen LogP contribution in [0.25, 0.3) is 0 Å². The molecule has 14 heavy (non-hydrogen) atoms. The molecule has 0 radical (unpaired) electrons. The van der Waals surface area contributed by atoms with Crippen LogP contribution in [0.2, 0.25) is 0 Å². The van der Waals surface area contributed by atoms with Crippen molar-refractivity contribution in [3.63, 3.8) is 0 Å². The maximum Gasteiger partial charge on any atom is -0.0136 e. The highest BCUT2D eigenvalue weighted by atomic mass is 32.0. The molecule has 1 saturated carbocycles. The van der Waals surface area contributed by atoms with Crippen LogP contribution in [0, 0.1) is 5.92 Å². The van der Waals surface area contributed by atoms with Crippen molar-refractivity contribution >= 4 is 15.9 Å². The van der Waals surface area contributed by atoms with Gasteiger partial charge >= 0.3 is 0 Å². The fraction of sp³-hybridized carbons (Fsp3) is 1.00. The molecule has 2 fully saturated rings. The quantitative estimate of drug-likeness (QED) is 0.566. The largest absolute Gasteiger partial charge is 0.0952 e. The molecule has 0 amide bonds. The second kappa shape index (κ2) is 4.39. The zero-order valence-corrected chi connectivity index (χ0v) is 11.7. The molecule has 0 N–H and O–H groups in total. The Kier molecular flexibility index (Phi) is 3.56. The van der Waals surface area contributed by atoms with Crippen LogP contribution in [0.15, 0.2) is 0 Å². The zero-order chi connectivity index (χ0) is 10.2. The van der Waals surface area contributed by atoms with Crippen LogP contribution >= 0.6 is 15.9 Å². The van der Waals surface area contributed by atoms with Gasteiger partial charge in [-0.25, -0.2) is 0 Å². The van der Waals surface area contributed by atoms with E-state index in [0.29, 0.717) is 12.8 Å². The molecule has 0 aromatic heterocycles. The van der Waals surface area contributed by atoms with Gasteiger partial charge in [-0.1, -0.05) is 49.5 Å². The van der Waals surface area contributed by atoms with Crippen LogP contribution in [0.5, 0.6) is 0 Å². The Morgan fingerprint density at radius 1 is 1.07 bits per heavy atom. The SMILES string of the molecule is CC(C)(C)[P@]1PCC[C@@H]1C1CCCC1. The van der Waals surface area contributed by atoms with E-state index >= 15 is 0 Å². The molecule has 0 nitrogen and oxygen atoms in total. The average molecular weight is 230 g/mol. The van der Waals surface area contributed by atoms with Gasteiger partial charge in [-0.2, -0.15) is 0 Å². The normalized spacial score (nSPS) is 37.1.